The summed E-state index contributed by atoms with van der Waals surface area (Å²) in [5, 5.41) is 16.4. The van der Waals surface area contributed by atoms with Gasteiger partial charge in [-0.15, -0.1) is 0 Å². The van der Waals surface area contributed by atoms with Crippen molar-refractivity contribution in [3.63, 3.8) is 0 Å². The maximum Gasteiger partial charge on any atom is 0.228 e. The van der Waals surface area contributed by atoms with Crippen molar-refractivity contribution < 1.29 is 13.2 Å². The zero-order chi connectivity index (χ0) is 16.3. The lowest BCUT2D eigenvalue weighted by atomic mass is 10.1. The molecule has 0 bridgehead atoms. The molecule has 8 heteroatoms. The first-order chi connectivity index (χ1) is 10.4. The zero-order valence-electron chi connectivity index (χ0n) is 12.2. The van der Waals surface area contributed by atoms with Crippen LogP contribution in [0, 0.1) is 11.3 Å². The summed E-state index contributed by atoms with van der Waals surface area (Å²) in [6.07, 6.45) is 0.760. The van der Waals surface area contributed by atoms with Crippen LogP contribution >= 0.6 is 0 Å². The molecule has 1 heterocycles. The Morgan fingerprint density at radius 1 is 1.50 bits per heavy atom. The Hall–Kier alpha value is -2.11. The second-order valence-corrected chi connectivity index (χ2v) is 7.03. The molecule has 2 rings (SSSR count). The molecule has 118 valence electrons. The summed E-state index contributed by atoms with van der Waals surface area (Å²) in [6.45, 7) is 2.72. The molecule has 0 aromatic heterocycles. The summed E-state index contributed by atoms with van der Waals surface area (Å²) in [5.74, 6) is -0.311. The van der Waals surface area contributed by atoms with Gasteiger partial charge in [-0.3, -0.25) is 4.79 Å². The van der Waals surface area contributed by atoms with Crippen molar-refractivity contribution in [2.45, 2.75) is 25.0 Å². The van der Waals surface area contributed by atoms with E-state index in [1.54, 1.807) is 18.2 Å². The molecule has 0 radical (unpaired) electrons. The van der Waals surface area contributed by atoms with Gasteiger partial charge >= 0.3 is 0 Å². The molecule has 1 amide bonds. The lowest BCUT2D eigenvalue weighted by Gasteiger charge is -2.21. The number of hydrogen-bond donors (Lipinski definition) is 2. The Morgan fingerprint density at radius 3 is 2.77 bits per heavy atom. The molecule has 0 spiro atoms. The van der Waals surface area contributed by atoms with Crippen LogP contribution in [0.25, 0.3) is 0 Å². The molecule has 22 heavy (non-hydrogen) atoms. The fourth-order valence-corrected chi connectivity index (χ4v) is 3.09. The molecule has 1 atom stereocenters. The highest BCUT2D eigenvalue weighted by Crippen LogP contribution is 2.32. The smallest absolute Gasteiger partial charge is 0.228 e. The first-order valence-corrected chi connectivity index (χ1v) is 8.57. The quantitative estimate of drug-likeness (QED) is 0.830. The summed E-state index contributed by atoms with van der Waals surface area (Å²) < 4.78 is 22.9. The van der Waals surface area contributed by atoms with Crippen molar-refractivity contribution in [1.29, 1.82) is 5.26 Å². The van der Waals surface area contributed by atoms with Gasteiger partial charge in [0.15, 0.2) is 0 Å². The van der Waals surface area contributed by atoms with Gasteiger partial charge in [-0.05, 0) is 24.6 Å². The number of nitriles is 1. The van der Waals surface area contributed by atoms with Gasteiger partial charge in [0, 0.05) is 19.5 Å². The summed E-state index contributed by atoms with van der Waals surface area (Å²) in [5.41, 5.74) is 1.62. The molecule has 0 saturated carbocycles. The van der Waals surface area contributed by atoms with E-state index in [0.29, 0.717) is 23.5 Å². The van der Waals surface area contributed by atoms with Gasteiger partial charge in [-0.25, -0.2) is 13.6 Å². The average molecular weight is 322 g/mol. The van der Waals surface area contributed by atoms with E-state index in [4.69, 9.17) is 10.4 Å². The Labute approximate surface area is 129 Å². The largest absolute Gasteiger partial charge is 0.383 e. The van der Waals surface area contributed by atoms with Crippen molar-refractivity contribution in [3.05, 3.63) is 23.8 Å². The molecule has 1 aromatic rings. The van der Waals surface area contributed by atoms with E-state index in [1.807, 2.05) is 13.0 Å². The second kappa shape index (κ2) is 6.34. The van der Waals surface area contributed by atoms with Crippen LogP contribution in [0.5, 0.6) is 0 Å². The third-order valence-corrected chi connectivity index (χ3v) is 4.78. The third kappa shape index (κ3) is 3.37. The molecule has 0 aliphatic carbocycles. The summed E-state index contributed by atoms with van der Waals surface area (Å²) in [6, 6.07) is 6.98. The van der Waals surface area contributed by atoms with Gasteiger partial charge < -0.3 is 10.2 Å². The minimum atomic E-state index is -3.77. The second-order valence-electron chi connectivity index (χ2n) is 5.19. The van der Waals surface area contributed by atoms with Gasteiger partial charge in [0.1, 0.15) is 5.25 Å². The predicted molar refractivity (Wildman–Crippen MR) is 83.8 cm³/mol. The first-order valence-electron chi connectivity index (χ1n) is 6.96. The molecule has 1 aliphatic rings. The lowest BCUT2D eigenvalue weighted by Crippen LogP contribution is -2.32. The van der Waals surface area contributed by atoms with Gasteiger partial charge in [0.05, 0.1) is 23.0 Å². The van der Waals surface area contributed by atoms with E-state index in [1.165, 1.54) is 4.90 Å². The van der Waals surface area contributed by atoms with E-state index in [-0.39, 0.29) is 18.9 Å². The van der Waals surface area contributed by atoms with Crippen LogP contribution in [-0.4, -0.2) is 32.7 Å². The average Bonchev–Trinajstić information content (AvgIpc) is 2.87. The van der Waals surface area contributed by atoms with Gasteiger partial charge in [0.25, 0.3) is 0 Å². The summed E-state index contributed by atoms with van der Waals surface area (Å²) >= 11 is 0. The Kier molecular flexibility index (Phi) is 4.68. The SMILES string of the molecule is CCCNc1ccc(C#N)cc1N1CC(S(N)(=O)=O)CC1=O. The zero-order valence-corrected chi connectivity index (χ0v) is 13.1. The third-order valence-electron chi connectivity index (χ3n) is 3.54. The van der Waals surface area contributed by atoms with E-state index in [0.717, 1.165) is 6.42 Å². The maximum absolute atomic E-state index is 12.2. The van der Waals surface area contributed by atoms with Gasteiger partial charge in [-0.1, -0.05) is 6.92 Å². The van der Waals surface area contributed by atoms with E-state index in [2.05, 4.69) is 5.32 Å². The van der Waals surface area contributed by atoms with Gasteiger partial charge in [-0.2, -0.15) is 5.26 Å². The lowest BCUT2D eigenvalue weighted by molar-refractivity contribution is -0.117. The molecule has 1 aliphatic heterocycles. The van der Waals surface area contributed by atoms with Crippen LogP contribution in [0.3, 0.4) is 0 Å². The van der Waals surface area contributed by atoms with Crippen molar-refractivity contribution in [3.8, 4) is 6.07 Å². The molecule has 1 unspecified atom stereocenters. The number of rotatable bonds is 5. The Balaban J connectivity index is 2.38. The van der Waals surface area contributed by atoms with Crippen molar-refractivity contribution in [1.82, 2.24) is 0 Å². The topological polar surface area (TPSA) is 116 Å². The fraction of sp³-hybridized carbons (Fsp3) is 0.429. The monoisotopic (exact) mass is 322 g/mol. The van der Waals surface area contributed by atoms with Gasteiger partial charge in [0.2, 0.25) is 15.9 Å². The number of nitrogens with one attached hydrogen (secondary N) is 1. The number of nitrogens with two attached hydrogens (primary N) is 1. The van der Waals surface area contributed by atoms with Crippen LogP contribution in [0.15, 0.2) is 18.2 Å². The number of anilines is 2. The van der Waals surface area contributed by atoms with Crippen LogP contribution in [-0.2, 0) is 14.8 Å². The normalized spacial score (nSPS) is 18.3. The number of benzene rings is 1. The number of carbonyl (C=O) groups excluding carboxylic acids is 1. The number of sulfonamides is 1. The minimum absolute atomic E-state index is 0.00730. The number of nitrogens with zero attached hydrogens (tertiary/aromatic N) is 2. The van der Waals surface area contributed by atoms with Crippen LogP contribution < -0.4 is 15.4 Å². The molecular formula is C14H18N4O3S. The van der Waals surface area contributed by atoms with Crippen LogP contribution in [0.2, 0.25) is 0 Å². The van der Waals surface area contributed by atoms with E-state index >= 15 is 0 Å². The Bertz CT molecular complexity index is 724. The number of amides is 1. The van der Waals surface area contributed by atoms with Crippen LogP contribution in [0.4, 0.5) is 11.4 Å². The van der Waals surface area contributed by atoms with Crippen LogP contribution in [0.1, 0.15) is 25.3 Å². The molecule has 1 aromatic carbocycles. The first kappa shape index (κ1) is 16.3. The highest BCUT2D eigenvalue weighted by atomic mass is 32.2. The number of carbonyl (C=O) groups is 1. The minimum Gasteiger partial charge on any atom is -0.383 e. The van der Waals surface area contributed by atoms with Crippen molar-refractivity contribution in [2.75, 3.05) is 23.3 Å². The number of hydrogen-bond acceptors (Lipinski definition) is 5. The Morgan fingerprint density at radius 2 is 2.23 bits per heavy atom. The van der Waals surface area contributed by atoms with Crippen molar-refractivity contribution >= 4 is 27.3 Å². The standard InChI is InChI=1S/C14H18N4O3S/c1-2-5-17-12-4-3-10(8-15)6-13(12)18-9-11(7-14(18)19)22(16,20)21/h3-4,6,11,17H,2,5,7,9H2,1H3,(H2,16,20,21). The molecule has 1 fully saturated rings. The predicted octanol–water partition coefficient (Wildman–Crippen LogP) is 0.774. The maximum atomic E-state index is 12.2. The molecular weight excluding hydrogens is 304 g/mol. The summed E-state index contributed by atoms with van der Waals surface area (Å²) in [7, 11) is -3.77. The molecule has 3 N–H and O–H groups in total. The highest BCUT2D eigenvalue weighted by molar-refractivity contribution is 7.89. The fourth-order valence-electron chi connectivity index (χ4n) is 2.36. The van der Waals surface area contributed by atoms with E-state index < -0.39 is 15.3 Å². The summed E-state index contributed by atoms with van der Waals surface area (Å²) in [4.78, 5) is 13.5. The van der Waals surface area contributed by atoms with E-state index in [9.17, 15) is 13.2 Å². The number of primary sulfonamides is 1. The molecule has 1 saturated heterocycles. The highest BCUT2D eigenvalue weighted by Gasteiger charge is 2.38. The van der Waals surface area contributed by atoms with Crippen molar-refractivity contribution in [2.24, 2.45) is 5.14 Å². The molecule has 7 nitrogen and oxygen atoms in total.